The monoisotopic (exact) mass is 384 g/mol. The van der Waals surface area contributed by atoms with Crippen molar-refractivity contribution in [2.45, 2.75) is 5.60 Å². The second-order valence-electron chi connectivity index (χ2n) is 7.88. The molecule has 0 radical (unpaired) electrons. The zero-order valence-electron chi connectivity index (χ0n) is 16.4. The van der Waals surface area contributed by atoms with Gasteiger partial charge in [0.1, 0.15) is 5.60 Å². The van der Waals surface area contributed by atoms with Gasteiger partial charge in [0.2, 0.25) is 0 Å². The van der Waals surface area contributed by atoms with Gasteiger partial charge in [0.15, 0.2) is 0 Å². The number of aliphatic hydroxyl groups is 1. The topological polar surface area (TPSA) is 20.2 Å². The van der Waals surface area contributed by atoms with Gasteiger partial charge in [-0.05, 0) is 38.6 Å². The molecule has 1 aliphatic carbocycles. The van der Waals surface area contributed by atoms with E-state index >= 15 is 0 Å². The molecule has 0 saturated heterocycles. The molecular weight excluding hydrogens is 364 g/mol. The van der Waals surface area contributed by atoms with Crippen molar-refractivity contribution in [2.24, 2.45) is 0 Å². The lowest BCUT2D eigenvalue weighted by molar-refractivity contribution is 0.131. The molecular formula is C29H20O. The molecule has 1 heteroatoms. The second-order valence-corrected chi connectivity index (χ2v) is 7.88. The third-order valence-corrected chi connectivity index (χ3v) is 6.30. The zero-order valence-corrected chi connectivity index (χ0v) is 16.4. The predicted octanol–water partition coefficient (Wildman–Crippen LogP) is 6.77. The van der Waals surface area contributed by atoms with Crippen LogP contribution >= 0.6 is 0 Å². The van der Waals surface area contributed by atoms with E-state index in [4.69, 9.17) is 0 Å². The molecule has 0 aromatic heterocycles. The molecule has 0 aliphatic heterocycles. The van der Waals surface area contributed by atoms with Crippen molar-refractivity contribution in [3.8, 4) is 22.3 Å². The quantitative estimate of drug-likeness (QED) is 0.356. The molecule has 1 aliphatic rings. The molecule has 0 heterocycles. The predicted molar refractivity (Wildman–Crippen MR) is 123 cm³/mol. The minimum absolute atomic E-state index is 0.892. The first kappa shape index (κ1) is 17.2. The van der Waals surface area contributed by atoms with Gasteiger partial charge in [-0.2, -0.15) is 0 Å². The summed E-state index contributed by atoms with van der Waals surface area (Å²) in [6, 6.07) is 39.4. The van der Waals surface area contributed by atoms with Crippen molar-refractivity contribution in [1.82, 2.24) is 0 Å². The summed E-state index contributed by atoms with van der Waals surface area (Å²) in [6.07, 6.45) is 0. The molecule has 1 atom stereocenters. The van der Waals surface area contributed by atoms with Crippen LogP contribution in [-0.4, -0.2) is 5.11 Å². The number of fused-ring (bicyclic) bond motifs is 4. The second kappa shape index (κ2) is 6.41. The first-order valence-corrected chi connectivity index (χ1v) is 10.3. The number of rotatable bonds is 2. The van der Waals surface area contributed by atoms with E-state index in [1.54, 1.807) is 0 Å². The van der Waals surface area contributed by atoms with Gasteiger partial charge in [-0.1, -0.05) is 115 Å². The highest BCUT2D eigenvalue weighted by atomic mass is 16.3. The molecule has 6 rings (SSSR count). The maximum Gasteiger partial charge on any atom is 0.142 e. The Morgan fingerprint density at radius 1 is 0.467 bits per heavy atom. The van der Waals surface area contributed by atoms with Crippen molar-refractivity contribution >= 4 is 10.8 Å². The normalized spacial score (nSPS) is 17.0. The number of benzene rings is 5. The van der Waals surface area contributed by atoms with E-state index < -0.39 is 5.60 Å². The third-order valence-electron chi connectivity index (χ3n) is 6.30. The Balaban J connectivity index is 1.74. The Labute approximate surface area is 175 Å². The van der Waals surface area contributed by atoms with Crippen LogP contribution in [0.25, 0.3) is 33.0 Å². The average Bonchev–Trinajstić information content (AvgIpc) is 3.09. The molecule has 1 nitrogen and oxygen atoms in total. The van der Waals surface area contributed by atoms with E-state index in [0.29, 0.717) is 0 Å². The summed E-state index contributed by atoms with van der Waals surface area (Å²) in [4.78, 5) is 0. The van der Waals surface area contributed by atoms with Crippen LogP contribution in [0.5, 0.6) is 0 Å². The first-order valence-electron chi connectivity index (χ1n) is 10.3. The van der Waals surface area contributed by atoms with Gasteiger partial charge in [-0.15, -0.1) is 0 Å². The van der Waals surface area contributed by atoms with Crippen LogP contribution in [0.3, 0.4) is 0 Å². The SMILES string of the molecule is OC1(c2ccccc2)c2ccccc2-c2cccc(-c3cccc4ccccc34)c21. The molecule has 0 spiro atoms. The van der Waals surface area contributed by atoms with Crippen LogP contribution in [0.15, 0.2) is 115 Å². The molecule has 0 fully saturated rings. The van der Waals surface area contributed by atoms with Gasteiger partial charge < -0.3 is 5.11 Å². The highest BCUT2D eigenvalue weighted by molar-refractivity contribution is 6.00. The summed E-state index contributed by atoms with van der Waals surface area (Å²) in [7, 11) is 0. The Hall–Kier alpha value is -3.68. The maximum atomic E-state index is 12.4. The van der Waals surface area contributed by atoms with Crippen LogP contribution in [0.4, 0.5) is 0 Å². The number of hydrogen-bond acceptors (Lipinski definition) is 1. The van der Waals surface area contributed by atoms with Crippen molar-refractivity contribution in [3.63, 3.8) is 0 Å². The molecule has 5 aromatic carbocycles. The summed E-state index contributed by atoms with van der Waals surface area (Å²) >= 11 is 0. The smallest absolute Gasteiger partial charge is 0.142 e. The molecule has 0 saturated carbocycles. The van der Waals surface area contributed by atoms with Gasteiger partial charge in [-0.3, -0.25) is 0 Å². The van der Waals surface area contributed by atoms with E-state index in [0.717, 1.165) is 38.9 Å². The first-order chi connectivity index (χ1) is 14.8. The Morgan fingerprint density at radius 3 is 1.90 bits per heavy atom. The largest absolute Gasteiger partial charge is 0.376 e. The van der Waals surface area contributed by atoms with Crippen LogP contribution in [0.1, 0.15) is 16.7 Å². The Bertz CT molecular complexity index is 1400. The summed E-state index contributed by atoms with van der Waals surface area (Å²) in [6.45, 7) is 0. The molecule has 5 aromatic rings. The molecule has 1 unspecified atom stereocenters. The van der Waals surface area contributed by atoms with E-state index in [1.165, 1.54) is 10.8 Å². The zero-order chi connectivity index (χ0) is 20.1. The van der Waals surface area contributed by atoms with Crippen LogP contribution in [0, 0.1) is 0 Å². The number of hydrogen-bond donors (Lipinski definition) is 1. The lowest BCUT2D eigenvalue weighted by Gasteiger charge is -2.29. The Kier molecular flexibility index (Phi) is 3.68. The summed E-state index contributed by atoms with van der Waals surface area (Å²) in [5.41, 5.74) is 6.03. The lowest BCUT2D eigenvalue weighted by atomic mass is 9.80. The average molecular weight is 384 g/mol. The van der Waals surface area contributed by atoms with Gasteiger partial charge >= 0.3 is 0 Å². The van der Waals surface area contributed by atoms with Crippen LogP contribution in [0.2, 0.25) is 0 Å². The minimum atomic E-state index is -1.19. The summed E-state index contributed by atoms with van der Waals surface area (Å²) in [5.74, 6) is 0. The fraction of sp³-hybridized carbons (Fsp3) is 0.0345. The Morgan fingerprint density at radius 2 is 1.03 bits per heavy atom. The highest BCUT2D eigenvalue weighted by Gasteiger charge is 2.44. The molecule has 30 heavy (non-hydrogen) atoms. The standard InChI is InChI=1S/C29H20O/c30-29(21-12-2-1-3-13-21)27-19-7-6-15-24(27)26-18-9-17-25(28(26)29)23-16-8-11-20-10-4-5-14-22(20)23/h1-19,30H. The van der Waals surface area contributed by atoms with E-state index in [1.807, 2.05) is 42.5 Å². The maximum absolute atomic E-state index is 12.4. The fourth-order valence-corrected chi connectivity index (χ4v) is 5.00. The fourth-order valence-electron chi connectivity index (χ4n) is 5.00. The van der Waals surface area contributed by atoms with E-state index in [9.17, 15) is 5.11 Å². The molecule has 0 amide bonds. The van der Waals surface area contributed by atoms with Crippen molar-refractivity contribution in [1.29, 1.82) is 0 Å². The summed E-state index contributed by atoms with van der Waals surface area (Å²) < 4.78 is 0. The highest BCUT2D eigenvalue weighted by Crippen LogP contribution is 2.54. The van der Waals surface area contributed by atoms with Crippen molar-refractivity contribution in [3.05, 3.63) is 132 Å². The van der Waals surface area contributed by atoms with Crippen LogP contribution < -0.4 is 0 Å². The van der Waals surface area contributed by atoms with Crippen molar-refractivity contribution in [2.75, 3.05) is 0 Å². The molecule has 1 N–H and O–H groups in total. The van der Waals surface area contributed by atoms with E-state index in [-0.39, 0.29) is 0 Å². The summed E-state index contributed by atoms with van der Waals surface area (Å²) in [5, 5.41) is 14.8. The molecule has 0 bridgehead atoms. The van der Waals surface area contributed by atoms with Crippen molar-refractivity contribution < 1.29 is 5.11 Å². The third kappa shape index (κ3) is 2.27. The van der Waals surface area contributed by atoms with E-state index in [2.05, 4.69) is 72.8 Å². The molecule has 142 valence electrons. The lowest BCUT2D eigenvalue weighted by Crippen LogP contribution is -2.26. The van der Waals surface area contributed by atoms with Gasteiger partial charge in [0.25, 0.3) is 0 Å². The van der Waals surface area contributed by atoms with Gasteiger partial charge in [0, 0.05) is 11.1 Å². The van der Waals surface area contributed by atoms with Crippen LogP contribution in [-0.2, 0) is 5.60 Å². The van der Waals surface area contributed by atoms with Gasteiger partial charge in [0.05, 0.1) is 0 Å². The minimum Gasteiger partial charge on any atom is -0.376 e. The van der Waals surface area contributed by atoms with Gasteiger partial charge in [-0.25, -0.2) is 0 Å².